The Hall–Kier alpha value is -1.57. The van der Waals surface area contributed by atoms with Crippen molar-refractivity contribution in [3.63, 3.8) is 0 Å². The summed E-state index contributed by atoms with van der Waals surface area (Å²) in [6.07, 6.45) is 10.8. The van der Waals surface area contributed by atoms with Gasteiger partial charge in [0.05, 0.1) is 0 Å². The van der Waals surface area contributed by atoms with Gasteiger partial charge in [0.1, 0.15) is 0 Å². The van der Waals surface area contributed by atoms with Crippen molar-refractivity contribution in [1.82, 2.24) is 4.90 Å². The zero-order chi connectivity index (χ0) is 20.4. The Morgan fingerprint density at radius 2 is 1.86 bits per heavy atom. The third kappa shape index (κ3) is 2.93. The quantitative estimate of drug-likeness (QED) is 0.560. The van der Waals surface area contributed by atoms with Gasteiger partial charge in [-0.15, -0.1) is 0 Å². The van der Waals surface area contributed by atoms with Gasteiger partial charge in [-0.1, -0.05) is 62.8 Å². The number of carbonyl (C=O) groups excluding carboxylic acids is 1. The maximum absolute atomic E-state index is 12.4. The summed E-state index contributed by atoms with van der Waals surface area (Å²) in [5, 5.41) is 0. The fourth-order valence-electron chi connectivity index (χ4n) is 8.25. The lowest BCUT2D eigenvalue weighted by molar-refractivity contribution is -0.164. The largest absolute Gasteiger partial charge is 0.342 e. The second kappa shape index (κ2) is 6.72. The van der Waals surface area contributed by atoms with Gasteiger partial charge in [-0.05, 0) is 78.6 Å². The molecule has 2 unspecified atom stereocenters. The van der Waals surface area contributed by atoms with Crippen LogP contribution in [0.2, 0.25) is 0 Å². The predicted octanol–water partition coefficient (Wildman–Crippen LogP) is 6.18. The summed E-state index contributed by atoms with van der Waals surface area (Å²) in [4.78, 5) is 14.6. The molecule has 4 fully saturated rings. The number of benzene rings is 1. The van der Waals surface area contributed by atoms with Crippen LogP contribution in [0.3, 0.4) is 0 Å². The predicted molar refractivity (Wildman–Crippen MR) is 119 cm³/mol. The average molecular weight is 392 g/mol. The van der Waals surface area contributed by atoms with E-state index in [1.54, 1.807) is 5.57 Å². The monoisotopic (exact) mass is 391 g/mol. The minimum atomic E-state index is 0.313. The van der Waals surface area contributed by atoms with Crippen molar-refractivity contribution in [2.75, 3.05) is 7.05 Å². The van der Waals surface area contributed by atoms with Crippen molar-refractivity contribution in [2.45, 2.75) is 71.8 Å². The fraction of sp³-hybridized carbons (Fsp3) is 0.667. The molecule has 29 heavy (non-hydrogen) atoms. The summed E-state index contributed by atoms with van der Waals surface area (Å²) >= 11 is 0. The molecule has 1 aromatic rings. The number of carbonyl (C=O) groups is 1. The number of amides is 1. The lowest BCUT2D eigenvalue weighted by Gasteiger charge is -2.63. The minimum Gasteiger partial charge on any atom is -0.342 e. The molecule has 1 amide bonds. The minimum absolute atomic E-state index is 0.313. The zero-order valence-corrected chi connectivity index (χ0v) is 18.7. The molecule has 156 valence electrons. The number of fused-ring (bicyclic) bond motifs is 5. The Kier molecular flexibility index (Phi) is 4.50. The summed E-state index contributed by atoms with van der Waals surface area (Å²) in [5.74, 6) is 3.49. The van der Waals surface area contributed by atoms with Gasteiger partial charge in [0.15, 0.2) is 0 Å². The Morgan fingerprint density at radius 3 is 2.62 bits per heavy atom. The number of nitrogens with zero attached hydrogens (tertiary/aromatic N) is 1. The van der Waals surface area contributed by atoms with E-state index in [2.05, 4.69) is 69.1 Å². The molecule has 0 bridgehead atoms. The summed E-state index contributed by atoms with van der Waals surface area (Å²) < 4.78 is 0. The van der Waals surface area contributed by atoms with Crippen LogP contribution in [0, 0.1) is 34.5 Å². The van der Waals surface area contributed by atoms with Crippen LogP contribution in [0.15, 0.2) is 35.9 Å². The van der Waals surface area contributed by atoms with Gasteiger partial charge in [0.2, 0.25) is 5.91 Å². The van der Waals surface area contributed by atoms with E-state index >= 15 is 0 Å². The van der Waals surface area contributed by atoms with Gasteiger partial charge in [0.25, 0.3) is 0 Å². The average Bonchev–Trinajstić information content (AvgIpc) is 3.03. The Morgan fingerprint density at radius 1 is 1.10 bits per heavy atom. The number of hydrogen-bond donors (Lipinski definition) is 0. The van der Waals surface area contributed by atoms with E-state index in [9.17, 15) is 4.79 Å². The van der Waals surface area contributed by atoms with E-state index in [1.807, 2.05) is 0 Å². The van der Waals surface area contributed by atoms with Gasteiger partial charge in [-0.3, -0.25) is 4.79 Å². The first-order valence-electron chi connectivity index (χ1n) is 11.8. The number of piperidine rings is 1. The van der Waals surface area contributed by atoms with Gasteiger partial charge >= 0.3 is 0 Å². The Labute approximate surface area is 176 Å². The number of rotatable bonds is 1. The van der Waals surface area contributed by atoms with Crippen molar-refractivity contribution >= 4 is 12.0 Å². The molecule has 0 radical (unpaired) electrons. The molecule has 3 aliphatic carbocycles. The van der Waals surface area contributed by atoms with E-state index in [-0.39, 0.29) is 0 Å². The third-order valence-electron chi connectivity index (χ3n) is 9.73. The van der Waals surface area contributed by atoms with E-state index in [1.165, 1.54) is 37.7 Å². The van der Waals surface area contributed by atoms with Crippen LogP contribution in [0.4, 0.5) is 0 Å². The van der Waals surface area contributed by atoms with Crippen LogP contribution in [0.5, 0.6) is 0 Å². The molecule has 1 heterocycles. The summed E-state index contributed by atoms with van der Waals surface area (Å²) in [5.41, 5.74) is 3.81. The molecule has 2 nitrogen and oxygen atoms in total. The molecule has 7 atom stereocenters. The van der Waals surface area contributed by atoms with E-state index in [0.29, 0.717) is 28.7 Å². The lowest BCUT2D eigenvalue weighted by Crippen LogP contribution is -2.62. The highest BCUT2D eigenvalue weighted by molar-refractivity contribution is 5.77. The molecule has 0 N–H and O–H groups in total. The Bertz CT molecular complexity index is 828. The molecule has 3 saturated carbocycles. The molecular weight excluding hydrogens is 354 g/mol. The van der Waals surface area contributed by atoms with Crippen LogP contribution in [0.25, 0.3) is 6.08 Å². The number of hydrogen-bond acceptors (Lipinski definition) is 1. The SMILES string of the molecule is CC1C[C@H]2N(C)C(=O)CC[C@]2(C)[C@H]2CC[C@]3(C)C/C(=C/c4ccccc4)C[C@H]3C12. The highest BCUT2D eigenvalue weighted by atomic mass is 16.2. The van der Waals surface area contributed by atoms with Crippen molar-refractivity contribution in [2.24, 2.45) is 34.5 Å². The van der Waals surface area contributed by atoms with Gasteiger partial charge < -0.3 is 4.90 Å². The number of likely N-dealkylation sites (tertiary alicyclic amines) is 1. The van der Waals surface area contributed by atoms with E-state index in [4.69, 9.17) is 0 Å². The van der Waals surface area contributed by atoms with Crippen molar-refractivity contribution in [3.8, 4) is 0 Å². The molecule has 2 heteroatoms. The van der Waals surface area contributed by atoms with Crippen molar-refractivity contribution < 1.29 is 4.79 Å². The normalized spacial score (nSPS) is 45.7. The highest BCUT2D eigenvalue weighted by Gasteiger charge is 2.61. The maximum Gasteiger partial charge on any atom is 0.222 e. The molecule has 1 aliphatic heterocycles. The van der Waals surface area contributed by atoms with Gasteiger partial charge in [-0.25, -0.2) is 0 Å². The molecule has 0 aromatic heterocycles. The van der Waals surface area contributed by atoms with Crippen LogP contribution in [0.1, 0.15) is 71.3 Å². The van der Waals surface area contributed by atoms with Gasteiger partial charge in [-0.2, -0.15) is 0 Å². The first-order chi connectivity index (χ1) is 13.8. The molecule has 4 aliphatic rings. The Balaban J connectivity index is 1.46. The third-order valence-corrected chi connectivity index (χ3v) is 9.73. The first-order valence-corrected chi connectivity index (χ1v) is 11.8. The summed E-state index contributed by atoms with van der Waals surface area (Å²) in [6, 6.07) is 11.3. The lowest BCUT2D eigenvalue weighted by atomic mass is 9.45. The van der Waals surface area contributed by atoms with Crippen LogP contribution < -0.4 is 0 Å². The topological polar surface area (TPSA) is 20.3 Å². The van der Waals surface area contributed by atoms with Crippen molar-refractivity contribution in [1.29, 1.82) is 0 Å². The smallest absolute Gasteiger partial charge is 0.222 e. The fourth-order valence-corrected chi connectivity index (χ4v) is 8.25. The second-order valence-corrected chi connectivity index (χ2v) is 11.3. The summed E-state index contributed by atoms with van der Waals surface area (Å²) in [6.45, 7) is 7.61. The van der Waals surface area contributed by atoms with E-state index < -0.39 is 0 Å². The second-order valence-electron chi connectivity index (χ2n) is 11.3. The first kappa shape index (κ1) is 19.4. The van der Waals surface area contributed by atoms with Gasteiger partial charge in [0, 0.05) is 19.5 Å². The molecule has 0 spiro atoms. The highest BCUT2D eigenvalue weighted by Crippen LogP contribution is 2.66. The van der Waals surface area contributed by atoms with Crippen LogP contribution >= 0.6 is 0 Å². The van der Waals surface area contributed by atoms with Crippen LogP contribution in [-0.2, 0) is 4.79 Å². The van der Waals surface area contributed by atoms with Crippen molar-refractivity contribution in [3.05, 3.63) is 41.5 Å². The molecule has 1 saturated heterocycles. The zero-order valence-electron chi connectivity index (χ0n) is 18.7. The molecule has 1 aromatic carbocycles. The van der Waals surface area contributed by atoms with E-state index in [0.717, 1.165) is 30.6 Å². The summed E-state index contributed by atoms with van der Waals surface area (Å²) in [7, 11) is 2.07. The molecule has 5 rings (SSSR count). The molecular formula is C27H37NO. The maximum atomic E-state index is 12.4. The number of allylic oxidation sites excluding steroid dienone is 1. The standard InChI is InChI=1S/C27H37NO/c1-18-14-23-27(3,13-11-24(29)28(23)4)21-10-12-26(2)17-20(16-22(26)25(18)21)15-19-8-6-5-7-9-19/h5-9,15,18,21-23,25H,10-14,16-17H2,1-4H3/b20-15+/t18?,21-,22-,23+,25?,26+,27+/m0/s1. The van der Waals surface area contributed by atoms with Crippen LogP contribution in [-0.4, -0.2) is 23.9 Å².